The van der Waals surface area contributed by atoms with Crippen molar-refractivity contribution in [2.75, 3.05) is 14.2 Å². The normalized spacial score (nSPS) is 13.1. The second kappa shape index (κ2) is 10.4. The zero-order valence-electron chi connectivity index (χ0n) is 17.3. The predicted octanol–water partition coefficient (Wildman–Crippen LogP) is 4.46. The van der Waals surface area contributed by atoms with Gasteiger partial charge < -0.3 is 14.4 Å². The van der Waals surface area contributed by atoms with Crippen molar-refractivity contribution in [3.63, 3.8) is 0 Å². The highest BCUT2D eigenvalue weighted by Crippen LogP contribution is 2.34. The lowest BCUT2D eigenvalue weighted by atomic mass is 9.97. The van der Waals surface area contributed by atoms with E-state index in [1.54, 1.807) is 25.1 Å². The number of benzene rings is 2. The number of methoxy groups -OCH3 is 1. The Morgan fingerprint density at radius 1 is 1.16 bits per heavy atom. The maximum absolute atomic E-state index is 13.8. The summed E-state index contributed by atoms with van der Waals surface area (Å²) in [6.07, 6.45) is -4.89. The molecule has 2 rings (SSSR count). The van der Waals surface area contributed by atoms with Crippen LogP contribution < -0.4 is 5.48 Å². The van der Waals surface area contributed by atoms with Gasteiger partial charge in [-0.05, 0) is 31.0 Å². The summed E-state index contributed by atoms with van der Waals surface area (Å²) in [6, 6.07) is 7.20. The summed E-state index contributed by atoms with van der Waals surface area (Å²) in [4.78, 5) is 22.3. The minimum absolute atomic E-state index is 0.151. The molecular weight excluding hydrogens is 420 g/mol. The fourth-order valence-corrected chi connectivity index (χ4v) is 3.02. The third-order valence-electron chi connectivity index (χ3n) is 4.53. The van der Waals surface area contributed by atoms with Crippen LogP contribution >= 0.6 is 0 Å². The first-order valence-corrected chi connectivity index (χ1v) is 9.09. The summed E-state index contributed by atoms with van der Waals surface area (Å²) in [5.41, 5.74) is 2.36. The zero-order chi connectivity index (χ0) is 23.2. The van der Waals surface area contributed by atoms with E-state index in [-0.39, 0.29) is 12.3 Å². The number of halogens is 4. The van der Waals surface area contributed by atoms with Gasteiger partial charge in [-0.2, -0.15) is 18.7 Å². The molecular formula is C21H22F4N2O4. The number of carbonyl (C=O) groups excluding carboxylic acids is 1. The van der Waals surface area contributed by atoms with Crippen molar-refractivity contribution in [2.24, 2.45) is 5.16 Å². The molecule has 0 amide bonds. The summed E-state index contributed by atoms with van der Waals surface area (Å²) >= 11 is 0. The van der Waals surface area contributed by atoms with Crippen LogP contribution in [0.15, 0.2) is 41.6 Å². The maximum atomic E-state index is 13.8. The molecule has 0 heterocycles. The van der Waals surface area contributed by atoms with E-state index in [4.69, 9.17) is 14.4 Å². The van der Waals surface area contributed by atoms with Crippen molar-refractivity contribution in [3.05, 3.63) is 70.0 Å². The van der Waals surface area contributed by atoms with E-state index in [0.717, 1.165) is 23.8 Å². The first-order chi connectivity index (χ1) is 14.6. The third-order valence-corrected chi connectivity index (χ3v) is 4.53. The van der Waals surface area contributed by atoms with E-state index in [1.807, 2.05) is 0 Å². The smallest absolute Gasteiger partial charge is 0.419 e. The number of hydrogen-bond donors (Lipinski definition) is 1. The van der Waals surface area contributed by atoms with Gasteiger partial charge >= 0.3 is 12.1 Å². The van der Waals surface area contributed by atoms with E-state index < -0.39 is 35.1 Å². The second-order valence-electron chi connectivity index (χ2n) is 6.53. The van der Waals surface area contributed by atoms with Gasteiger partial charge in [-0.1, -0.05) is 35.5 Å². The van der Waals surface area contributed by atoms with Crippen molar-refractivity contribution in [3.8, 4) is 0 Å². The number of esters is 1. The SMILES string of the molecule is CONC(C(=O)OC)c1cccc(C)c1CO/N=C(\C)c1cccc(F)c1C(F)(F)F. The molecule has 0 aliphatic carbocycles. The number of hydroxylamine groups is 1. The Morgan fingerprint density at radius 2 is 1.84 bits per heavy atom. The number of oxime groups is 1. The Morgan fingerprint density at radius 3 is 2.45 bits per heavy atom. The predicted molar refractivity (Wildman–Crippen MR) is 104 cm³/mol. The molecule has 0 fully saturated rings. The van der Waals surface area contributed by atoms with Gasteiger partial charge in [0.25, 0.3) is 0 Å². The van der Waals surface area contributed by atoms with Crippen LogP contribution in [-0.2, 0) is 32.0 Å². The number of alkyl halides is 3. The minimum atomic E-state index is -4.89. The van der Waals surface area contributed by atoms with Crippen LogP contribution in [-0.4, -0.2) is 25.9 Å². The van der Waals surface area contributed by atoms with Crippen molar-refractivity contribution in [2.45, 2.75) is 32.7 Å². The zero-order valence-corrected chi connectivity index (χ0v) is 17.3. The highest BCUT2D eigenvalue weighted by molar-refractivity contribution is 5.99. The van der Waals surface area contributed by atoms with Crippen molar-refractivity contribution in [1.29, 1.82) is 0 Å². The molecule has 1 atom stereocenters. The van der Waals surface area contributed by atoms with Crippen molar-refractivity contribution < 1.29 is 36.8 Å². The van der Waals surface area contributed by atoms with Gasteiger partial charge in [0.2, 0.25) is 0 Å². The number of aryl methyl sites for hydroxylation is 1. The molecule has 10 heteroatoms. The van der Waals surface area contributed by atoms with Gasteiger partial charge in [0.15, 0.2) is 6.04 Å². The number of nitrogens with zero attached hydrogens (tertiary/aromatic N) is 1. The van der Waals surface area contributed by atoms with Gasteiger partial charge in [0.05, 0.1) is 19.9 Å². The molecule has 2 aromatic carbocycles. The molecule has 0 spiro atoms. The Kier molecular flexibility index (Phi) is 8.12. The summed E-state index contributed by atoms with van der Waals surface area (Å²) in [5, 5.41) is 3.74. The number of hydrogen-bond acceptors (Lipinski definition) is 6. The molecule has 0 aliphatic heterocycles. The molecule has 1 unspecified atom stereocenters. The van der Waals surface area contributed by atoms with Crippen LogP contribution in [0.25, 0.3) is 0 Å². The fraction of sp³-hybridized carbons (Fsp3) is 0.333. The summed E-state index contributed by atoms with van der Waals surface area (Å²) in [5.74, 6) is -2.00. The summed E-state index contributed by atoms with van der Waals surface area (Å²) in [7, 11) is 2.57. The molecule has 1 N–H and O–H groups in total. The van der Waals surface area contributed by atoms with Crippen LogP contribution in [0.3, 0.4) is 0 Å². The van der Waals surface area contributed by atoms with Crippen LogP contribution in [0.2, 0.25) is 0 Å². The lowest BCUT2D eigenvalue weighted by molar-refractivity contribution is -0.147. The Bertz CT molecular complexity index is 961. The molecule has 168 valence electrons. The highest BCUT2D eigenvalue weighted by atomic mass is 19.4. The largest absolute Gasteiger partial charge is 0.468 e. The maximum Gasteiger partial charge on any atom is 0.419 e. The third kappa shape index (κ3) is 5.80. The minimum Gasteiger partial charge on any atom is -0.468 e. The highest BCUT2D eigenvalue weighted by Gasteiger charge is 2.37. The van der Waals surface area contributed by atoms with E-state index in [9.17, 15) is 22.4 Å². The van der Waals surface area contributed by atoms with Gasteiger partial charge in [-0.15, -0.1) is 0 Å². The monoisotopic (exact) mass is 442 g/mol. The van der Waals surface area contributed by atoms with Gasteiger partial charge in [-0.3, -0.25) is 0 Å². The first kappa shape index (κ1) is 24.3. The van der Waals surface area contributed by atoms with E-state index >= 15 is 0 Å². The summed E-state index contributed by atoms with van der Waals surface area (Å²) < 4.78 is 58.3. The first-order valence-electron chi connectivity index (χ1n) is 9.09. The average Bonchev–Trinajstić information content (AvgIpc) is 2.71. The van der Waals surface area contributed by atoms with Crippen molar-refractivity contribution >= 4 is 11.7 Å². The van der Waals surface area contributed by atoms with E-state index in [2.05, 4.69) is 10.6 Å². The Labute approximate surface area is 176 Å². The van der Waals surface area contributed by atoms with E-state index in [1.165, 1.54) is 21.1 Å². The standard InChI is InChI=1S/C21H22F4N2O4/c1-12-7-5-9-15(19(27-30-4)20(28)29-3)16(12)11-31-26-13(2)14-8-6-10-17(22)18(14)21(23,24)25/h5-10,19,27H,11H2,1-4H3/b26-13+. The number of nitrogens with one attached hydrogen (secondary N) is 1. The van der Waals surface area contributed by atoms with E-state index in [0.29, 0.717) is 11.1 Å². The molecule has 0 radical (unpaired) electrons. The molecule has 2 aromatic rings. The molecule has 0 saturated carbocycles. The second-order valence-corrected chi connectivity index (χ2v) is 6.53. The molecule has 0 bridgehead atoms. The molecule has 0 aliphatic rings. The van der Waals surface area contributed by atoms with Gasteiger partial charge in [0, 0.05) is 11.1 Å². The molecule has 0 aromatic heterocycles. The Balaban J connectivity index is 2.34. The van der Waals surface area contributed by atoms with Crippen LogP contribution in [0.4, 0.5) is 17.6 Å². The molecule has 0 saturated heterocycles. The van der Waals surface area contributed by atoms with Gasteiger partial charge in [0.1, 0.15) is 18.0 Å². The van der Waals surface area contributed by atoms with Crippen LogP contribution in [0.1, 0.15) is 40.8 Å². The lowest BCUT2D eigenvalue weighted by Gasteiger charge is -2.19. The summed E-state index contributed by atoms with van der Waals surface area (Å²) in [6.45, 7) is 2.90. The van der Waals surface area contributed by atoms with Crippen LogP contribution in [0.5, 0.6) is 0 Å². The van der Waals surface area contributed by atoms with Crippen molar-refractivity contribution in [1.82, 2.24) is 5.48 Å². The number of ether oxygens (including phenoxy) is 1. The average molecular weight is 442 g/mol. The van der Waals surface area contributed by atoms with Gasteiger partial charge in [-0.25, -0.2) is 9.18 Å². The number of carbonyl (C=O) groups is 1. The van der Waals surface area contributed by atoms with Crippen LogP contribution in [0, 0.1) is 12.7 Å². The topological polar surface area (TPSA) is 69.2 Å². The quantitative estimate of drug-likeness (QED) is 0.283. The molecule has 31 heavy (non-hydrogen) atoms. The lowest BCUT2D eigenvalue weighted by Crippen LogP contribution is -2.30. The molecule has 6 nitrogen and oxygen atoms in total. The number of rotatable bonds is 8. The fourth-order valence-electron chi connectivity index (χ4n) is 3.02. The Hall–Kier alpha value is -2.98.